The summed E-state index contributed by atoms with van der Waals surface area (Å²) in [4.78, 5) is 11.5. The van der Waals surface area contributed by atoms with Crippen molar-refractivity contribution in [3.05, 3.63) is 0 Å². The van der Waals surface area contributed by atoms with Crippen molar-refractivity contribution in [2.45, 2.75) is 45.0 Å². The van der Waals surface area contributed by atoms with Crippen molar-refractivity contribution in [2.24, 2.45) is 11.0 Å². The second kappa shape index (κ2) is 5.17. The first-order valence-electron chi connectivity index (χ1n) is 5.67. The zero-order valence-corrected chi connectivity index (χ0v) is 10.5. The van der Waals surface area contributed by atoms with Gasteiger partial charge in [0.1, 0.15) is 6.42 Å². The van der Waals surface area contributed by atoms with Gasteiger partial charge >= 0.3 is 6.18 Å². The second-order valence-corrected chi connectivity index (χ2v) is 4.80. The standard InChI is InChI=1S/C11H14F3N3O2/c1-7(2)5-8-6-10(19,11(12,13)14)17(16-8)9(18)3-4-15/h7,19H,3,5-6H2,1-2H3. The van der Waals surface area contributed by atoms with Crippen LogP contribution < -0.4 is 0 Å². The molecule has 8 heteroatoms. The number of nitrogens with zero attached hydrogens (tertiary/aromatic N) is 3. The predicted octanol–water partition coefficient (Wildman–Crippen LogP) is 1.79. The lowest BCUT2D eigenvalue weighted by Gasteiger charge is -2.32. The molecule has 1 amide bonds. The Balaban J connectivity index is 3.07. The molecule has 1 rings (SSSR count). The predicted molar refractivity (Wildman–Crippen MR) is 59.6 cm³/mol. The summed E-state index contributed by atoms with van der Waals surface area (Å²) in [5.74, 6) is -1.12. The third-order valence-electron chi connectivity index (χ3n) is 2.61. The first-order valence-corrected chi connectivity index (χ1v) is 5.67. The van der Waals surface area contributed by atoms with Crippen LogP contribution in [0.5, 0.6) is 0 Å². The molecule has 0 saturated carbocycles. The SMILES string of the molecule is CC(C)CC1=NN(C(=O)CC#N)C(O)(C(F)(F)F)C1. The molecule has 0 saturated heterocycles. The Morgan fingerprint density at radius 1 is 1.63 bits per heavy atom. The Kier molecular flexibility index (Phi) is 4.20. The van der Waals surface area contributed by atoms with E-state index in [1.54, 1.807) is 13.8 Å². The fraction of sp³-hybridized carbons (Fsp3) is 0.727. The minimum Gasteiger partial charge on any atom is -0.362 e. The Morgan fingerprint density at radius 2 is 2.21 bits per heavy atom. The van der Waals surface area contributed by atoms with E-state index in [0.717, 1.165) is 0 Å². The van der Waals surface area contributed by atoms with Gasteiger partial charge in [0, 0.05) is 12.1 Å². The summed E-state index contributed by atoms with van der Waals surface area (Å²) in [6.45, 7) is 3.57. The number of amides is 1. The molecular formula is C11H14F3N3O2. The topological polar surface area (TPSA) is 76.7 Å². The highest BCUT2D eigenvalue weighted by molar-refractivity contribution is 5.91. The van der Waals surface area contributed by atoms with Gasteiger partial charge in [-0.05, 0) is 12.3 Å². The number of carbonyl (C=O) groups excluding carboxylic acids is 1. The average molecular weight is 277 g/mol. The van der Waals surface area contributed by atoms with E-state index in [0.29, 0.717) is 0 Å². The van der Waals surface area contributed by atoms with Gasteiger partial charge in [0.05, 0.1) is 6.07 Å². The van der Waals surface area contributed by atoms with E-state index in [1.165, 1.54) is 6.07 Å². The van der Waals surface area contributed by atoms with E-state index < -0.39 is 30.7 Å². The maximum atomic E-state index is 12.9. The van der Waals surface area contributed by atoms with Crippen molar-refractivity contribution >= 4 is 11.6 Å². The summed E-state index contributed by atoms with van der Waals surface area (Å²) >= 11 is 0. The Bertz CT molecular complexity index is 439. The second-order valence-electron chi connectivity index (χ2n) is 4.80. The molecule has 19 heavy (non-hydrogen) atoms. The van der Waals surface area contributed by atoms with Gasteiger partial charge < -0.3 is 5.11 Å². The Morgan fingerprint density at radius 3 is 2.63 bits per heavy atom. The molecule has 0 spiro atoms. The van der Waals surface area contributed by atoms with Gasteiger partial charge in [-0.15, -0.1) is 0 Å². The van der Waals surface area contributed by atoms with Crippen LogP contribution in [-0.2, 0) is 4.79 Å². The van der Waals surface area contributed by atoms with Crippen molar-refractivity contribution in [3.8, 4) is 6.07 Å². The molecule has 1 aliphatic rings. The van der Waals surface area contributed by atoms with Crippen LogP contribution in [0.25, 0.3) is 0 Å². The first-order chi connectivity index (χ1) is 8.61. The van der Waals surface area contributed by atoms with Crippen LogP contribution >= 0.6 is 0 Å². The molecular weight excluding hydrogens is 263 g/mol. The van der Waals surface area contributed by atoms with E-state index >= 15 is 0 Å². The van der Waals surface area contributed by atoms with E-state index in [1.807, 2.05) is 0 Å². The molecule has 1 atom stereocenters. The van der Waals surface area contributed by atoms with Gasteiger partial charge in [-0.1, -0.05) is 13.8 Å². The molecule has 1 unspecified atom stereocenters. The molecule has 0 aromatic heterocycles. The van der Waals surface area contributed by atoms with Crippen molar-refractivity contribution in [1.82, 2.24) is 5.01 Å². The molecule has 0 fully saturated rings. The number of aliphatic hydroxyl groups is 1. The number of carbonyl (C=O) groups is 1. The number of hydrogen-bond donors (Lipinski definition) is 1. The van der Waals surface area contributed by atoms with Crippen LogP contribution in [0.1, 0.15) is 33.1 Å². The molecule has 1 heterocycles. The summed E-state index contributed by atoms with van der Waals surface area (Å²) in [6.07, 6.45) is -6.32. The normalized spacial score (nSPS) is 23.5. The summed E-state index contributed by atoms with van der Waals surface area (Å²) in [5, 5.41) is 21.6. The molecule has 0 radical (unpaired) electrons. The number of rotatable bonds is 3. The highest BCUT2D eigenvalue weighted by Crippen LogP contribution is 2.41. The molecule has 0 bridgehead atoms. The molecule has 1 N–H and O–H groups in total. The van der Waals surface area contributed by atoms with Crippen LogP contribution in [0, 0.1) is 17.2 Å². The Labute approximate surface area is 108 Å². The minimum absolute atomic E-state index is 0.00602. The smallest absolute Gasteiger partial charge is 0.362 e. The van der Waals surface area contributed by atoms with Gasteiger partial charge in [0.15, 0.2) is 0 Å². The summed E-state index contributed by atoms with van der Waals surface area (Å²) < 4.78 is 38.7. The quantitative estimate of drug-likeness (QED) is 0.854. The van der Waals surface area contributed by atoms with Crippen LogP contribution in [0.2, 0.25) is 0 Å². The van der Waals surface area contributed by atoms with Crippen molar-refractivity contribution in [3.63, 3.8) is 0 Å². The fourth-order valence-electron chi connectivity index (χ4n) is 1.83. The number of halogens is 3. The minimum atomic E-state index is -5.03. The molecule has 0 aliphatic carbocycles. The summed E-state index contributed by atoms with van der Waals surface area (Å²) in [6, 6.07) is 1.45. The average Bonchev–Trinajstić information content (AvgIpc) is 2.55. The molecule has 0 aromatic rings. The maximum absolute atomic E-state index is 12.9. The largest absolute Gasteiger partial charge is 0.438 e. The number of hydrogen-bond acceptors (Lipinski definition) is 4. The Hall–Kier alpha value is -1.62. The van der Waals surface area contributed by atoms with Gasteiger partial charge in [-0.2, -0.15) is 28.5 Å². The van der Waals surface area contributed by atoms with Crippen LogP contribution in [0.4, 0.5) is 13.2 Å². The molecule has 1 aliphatic heterocycles. The van der Waals surface area contributed by atoms with E-state index in [9.17, 15) is 23.1 Å². The maximum Gasteiger partial charge on any atom is 0.438 e. The van der Waals surface area contributed by atoms with E-state index in [4.69, 9.17) is 5.26 Å². The summed E-state index contributed by atoms with van der Waals surface area (Å²) in [5.41, 5.74) is -3.24. The van der Waals surface area contributed by atoms with Crippen LogP contribution in [-0.4, -0.2) is 33.6 Å². The van der Waals surface area contributed by atoms with E-state index in [2.05, 4.69) is 5.10 Å². The van der Waals surface area contributed by atoms with Gasteiger partial charge in [-0.25, -0.2) is 0 Å². The summed E-state index contributed by atoms with van der Waals surface area (Å²) in [7, 11) is 0. The number of alkyl halides is 3. The zero-order valence-electron chi connectivity index (χ0n) is 10.5. The van der Waals surface area contributed by atoms with Crippen molar-refractivity contribution in [2.75, 3.05) is 0 Å². The third-order valence-corrected chi connectivity index (χ3v) is 2.61. The molecule has 0 aromatic carbocycles. The van der Waals surface area contributed by atoms with Crippen molar-refractivity contribution < 1.29 is 23.1 Å². The highest BCUT2D eigenvalue weighted by Gasteiger charge is 2.62. The van der Waals surface area contributed by atoms with Crippen LogP contribution in [0.3, 0.4) is 0 Å². The van der Waals surface area contributed by atoms with Gasteiger partial charge in [0.2, 0.25) is 0 Å². The first kappa shape index (κ1) is 15.4. The number of nitriles is 1. The van der Waals surface area contributed by atoms with Crippen molar-refractivity contribution in [1.29, 1.82) is 5.26 Å². The highest BCUT2D eigenvalue weighted by atomic mass is 19.4. The monoisotopic (exact) mass is 277 g/mol. The third kappa shape index (κ3) is 3.04. The lowest BCUT2D eigenvalue weighted by molar-refractivity contribution is -0.302. The zero-order chi connectivity index (χ0) is 14.8. The lowest BCUT2D eigenvalue weighted by Crippen LogP contribution is -2.56. The van der Waals surface area contributed by atoms with Gasteiger partial charge in [0.25, 0.3) is 11.6 Å². The van der Waals surface area contributed by atoms with Gasteiger partial charge in [-0.3, -0.25) is 4.79 Å². The lowest BCUT2D eigenvalue weighted by atomic mass is 9.99. The fourth-order valence-corrected chi connectivity index (χ4v) is 1.83. The van der Waals surface area contributed by atoms with Crippen LogP contribution in [0.15, 0.2) is 5.10 Å². The van der Waals surface area contributed by atoms with E-state index in [-0.39, 0.29) is 23.1 Å². The number of hydrazone groups is 1. The molecule has 106 valence electrons. The molecule has 5 nitrogen and oxygen atoms in total.